The van der Waals surface area contributed by atoms with Gasteiger partial charge in [-0.25, -0.2) is 0 Å². The lowest BCUT2D eigenvalue weighted by Crippen LogP contribution is -2.48. The first-order valence-electron chi connectivity index (χ1n) is 5.05. The smallest absolute Gasteiger partial charge is 0.225 e. The van der Waals surface area contributed by atoms with Crippen LogP contribution in [0.25, 0.3) is 0 Å². The summed E-state index contributed by atoms with van der Waals surface area (Å²) in [4.78, 5) is 13.8. The van der Waals surface area contributed by atoms with Gasteiger partial charge in [0.1, 0.15) is 0 Å². The maximum atomic E-state index is 11.8. The van der Waals surface area contributed by atoms with Gasteiger partial charge in [0.2, 0.25) is 5.91 Å². The first-order valence-corrected chi connectivity index (χ1v) is 5.05. The molecule has 3 nitrogen and oxygen atoms in total. The summed E-state index contributed by atoms with van der Waals surface area (Å²) in [5, 5.41) is 0. The molecule has 3 heteroatoms. The van der Waals surface area contributed by atoms with Crippen LogP contribution in [0.1, 0.15) is 27.2 Å². The molecular weight excluding hydrogens is 166 g/mol. The Morgan fingerprint density at radius 3 is 2.92 bits per heavy atom. The van der Waals surface area contributed by atoms with Gasteiger partial charge in [0.05, 0.1) is 19.3 Å². The minimum Gasteiger partial charge on any atom is -0.377 e. The second-order valence-corrected chi connectivity index (χ2v) is 3.76. The van der Waals surface area contributed by atoms with Crippen molar-refractivity contribution in [2.45, 2.75) is 33.2 Å². The van der Waals surface area contributed by atoms with E-state index in [9.17, 15) is 4.79 Å². The fraction of sp³-hybridized carbons (Fsp3) is 0.900. The third-order valence-electron chi connectivity index (χ3n) is 2.68. The van der Waals surface area contributed by atoms with Crippen LogP contribution in [0.3, 0.4) is 0 Å². The van der Waals surface area contributed by atoms with Gasteiger partial charge in [0.25, 0.3) is 0 Å². The molecule has 2 atom stereocenters. The molecule has 0 spiro atoms. The Balaban J connectivity index is 2.53. The van der Waals surface area contributed by atoms with Crippen molar-refractivity contribution >= 4 is 5.91 Å². The summed E-state index contributed by atoms with van der Waals surface area (Å²) < 4.78 is 5.28. The zero-order valence-electron chi connectivity index (χ0n) is 8.75. The van der Waals surface area contributed by atoms with E-state index in [1.165, 1.54) is 0 Å². The molecule has 0 radical (unpaired) electrons. The van der Waals surface area contributed by atoms with Crippen LogP contribution in [0.15, 0.2) is 0 Å². The highest BCUT2D eigenvalue weighted by molar-refractivity contribution is 5.78. The average Bonchev–Trinajstić information content (AvgIpc) is 2.16. The number of ether oxygens (including phenoxy) is 1. The van der Waals surface area contributed by atoms with Crippen LogP contribution in [-0.4, -0.2) is 36.6 Å². The van der Waals surface area contributed by atoms with E-state index < -0.39 is 0 Å². The largest absolute Gasteiger partial charge is 0.377 e. The molecule has 1 rings (SSSR count). The Morgan fingerprint density at radius 1 is 1.69 bits per heavy atom. The highest BCUT2D eigenvalue weighted by Gasteiger charge is 2.26. The van der Waals surface area contributed by atoms with Crippen LogP contribution in [0.5, 0.6) is 0 Å². The van der Waals surface area contributed by atoms with Crippen molar-refractivity contribution < 1.29 is 9.53 Å². The van der Waals surface area contributed by atoms with E-state index in [2.05, 4.69) is 0 Å². The molecule has 0 N–H and O–H groups in total. The second kappa shape index (κ2) is 4.61. The van der Waals surface area contributed by atoms with Gasteiger partial charge in [-0.05, 0) is 13.3 Å². The van der Waals surface area contributed by atoms with Gasteiger partial charge in [-0.15, -0.1) is 0 Å². The van der Waals surface area contributed by atoms with Crippen LogP contribution in [0.4, 0.5) is 0 Å². The topological polar surface area (TPSA) is 29.5 Å². The summed E-state index contributed by atoms with van der Waals surface area (Å²) in [6.45, 7) is 8.21. The standard InChI is InChI=1S/C10H19NO2/c1-4-8(2)10(12)11-5-6-13-7-9(11)3/h8-9H,4-7H2,1-3H3/t8?,9-/m1/s1. The van der Waals surface area contributed by atoms with Gasteiger partial charge in [-0.1, -0.05) is 13.8 Å². The van der Waals surface area contributed by atoms with Crippen LogP contribution in [0.2, 0.25) is 0 Å². The Hall–Kier alpha value is -0.570. The zero-order chi connectivity index (χ0) is 9.84. The van der Waals surface area contributed by atoms with Crippen molar-refractivity contribution in [3.63, 3.8) is 0 Å². The van der Waals surface area contributed by atoms with Crippen LogP contribution in [0, 0.1) is 5.92 Å². The molecule has 1 aliphatic heterocycles. The molecule has 13 heavy (non-hydrogen) atoms. The Bertz CT molecular complexity index is 182. The van der Waals surface area contributed by atoms with E-state index in [1.54, 1.807) is 0 Å². The maximum Gasteiger partial charge on any atom is 0.225 e. The monoisotopic (exact) mass is 185 g/mol. The van der Waals surface area contributed by atoms with Crippen molar-refractivity contribution in [1.29, 1.82) is 0 Å². The molecule has 0 aromatic carbocycles. The number of carbonyl (C=O) groups is 1. The number of nitrogens with zero attached hydrogens (tertiary/aromatic N) is 1. The van der Waals surface area contributed by atoms with Crippen LogP contribution >= 0.6 is 0 Å². The highest BCUT2D eigenvalue weighted by atomic mass is 16.5. The summed E-state index contributed by atoms with van der Waals surface area (Å²) in [6.07, 6.45) is 0.920. The van der Waals surface area contributed by atoms with E-state index in [-0.39, 0.29) is 17.9 Å². The van der Waals surface area contributed by atoms with Crippen molar-refractivity contribution in [3.8, 4) is 0 Å². The number of morpholine rings is 1. The lowest BCUT2D eigenvalue weighted by atomic mass is 10.1. The SMILES string of the molecule is CCC(C)C(=O)N1CCOC[C@H]1C. The number of carbonyl (C=O) groups excluding carboxylic acids is 1. The molecule has 1 heterocycles. The first-order chi connectivity index (χ1) is 6.16. The van der Waals surface area contributed by atoms with Gasteiger partial charge in [-0.3, -0.25) is 4.79 Å². The Labute approximate surface area is 80.1 Å². The second-order valence-electron chi connectivity index (χ2n) is 3.76. The summed E-state index contributed by atoms with van der Waals surface area (Å²) >= 11 is 0. The summed E-state index contributed by atoms with van der Waals surface area (Å²) in [5.41, 5.74) is 0. The van der Waals surface area contributed by atoms with E-state index in [1.807, 2.05) is 25.7 Å². The van der Waals surface area contributed by atoms with Gasteiger partial charge in [-0.2, -0.15) is 0 Å². The van der Waals surface area contributed by atoms with Gasteiger partial charge in [0, 0.05) is 12.5 Å². The third-order valence-corrected chi connectivity index (χ3v) is 2.68. The van der Waals surface area contributed by atoms with E-state index in [4.69, 9.17) is 4.74 Å². The summed E-state index contributed by atoms with van der Waals surface area (Å²) in [7, 11) is 0. The average molecular weight is 185 g/mol. The summed E-state index contributed by atoms with van der Waals surface area (Å²) in [6, 6.07) is 0.246. The van der Waals surface area contributed by atoms with E-state index >= 15 is 0 Å². The molecule has 0 aromatic rings. The normalized spacial score (nSPS) is 25.8. The molecule has 76 valence electrons. The number of hydrogen-bond donors (Lipinski definition) is 0. The predicted molar refractivity (Wildman–Crippen MR) is 51.4 cm³/mol. The molecule has 0 bridgehead atoms. The van der Waals surface area contributed by atoms with E-state index in [0.29, 0.717) is 13.2 Å². The Morgan fingerprint density at radius 2 is 2.38 bits per heavy atom. The van der Waals surface area contributed by atoms with Crippen LogP contribution < -0.4 is 0 Å². The number of amides is 1. The molecule has 1 fully saturated rings. The van der Waals surface area contributed by atoms with E-state index in [0.717, 1.165) is 13.0 Å². The first kappa shape index (κ1) is 10.5. The minimum atomic E-state index is 0.153. The molecule has 1 unspecified atom stereocenters. The zero-order valence-corrected chi connectivity index (χ0v) is 8.75. The predicted octanol–water partition coefficient (Wildman–Crippen LogP) is 1.28. The van der Waals surface area contributed by atoms with Gasteiger partial charge in [0.15, 0.2) is 0 Å². The molecular formula is C10H19NO2. The lowest BCUT2D eigenvalue weighted by molar-refractivity contribution is -0.143. The minimum absolute atomic E-state index is 0.153. The fourth-order valence-corrected chi connectivity index (χ4v) is 1.51. The lowest BCUT2D eigenvalue weighted by Gasteiger charge is -2.34. The molecule has 0 aromatic heterocycles. The molecule has 1 aliphatic rings. The van der Waals surface area contributed by atoms with Crippen molar-refractivity contribution in [2.24, 2.45) is 5.92 Å². The fourth-order valence-electron chi connectivity index (χ4n) is 1.51. The maximum absolute atomic E-state index is 11.8. The molecule has 0 aliphatic carbocycles. The quantitative estimate of drug-likeness (QED) is 0.648. The van der Waals surface area contributed by atoms with Gasteiger partial charge < -0.3 is 9.64 Å². The molecule has 1 saturated heterocycles. The molecule has 0 saturated carbocycles. The number of hydrogen-bond acceptors (Lipinski definition) is 2. The third kappa shape index (κ3) is 2.44. The van der Waals surface area contributed by atoms with Gasteiger partial charge >= 0.3 is 0 Å². The summed E-state index contributed by atoms with van der Waals surface area (Å²) in [5.74, 6) is 0.429. The molecule has 1 amide bonds. The Kier molecular flexibility index (Phi) is 3.72. The van der Waals surface area contributed by atoms with Crippen molar-refractivity contribution in [1.82, 2.24) is 4.90 Å². The number of rotatable bonds is 2. The van der Waals surface area contributed by atoms with Crippen LogP contribution in [-0.2, 0) is 9.53 Å². The van der Waals surface area contributed by atoms with Crippen molar-refractivity contribution in [3.05, 3.63) is 0 Å². The highest BCUT2D eigenvalue weighted by Crippen LogP contribution is 2.12. The van der Waals surface area contributed by atoms with Crippen molar-refractivity contribution in [2.75, 3.05) is 19.8 Å².